The Labute approximate surface area is 143 Å². The highest BCUT2D eigenvalue weighted by Gasteiger charge is 2.21. The van der Waals surface area contributed by atoms with Crippen LogP contribution in [-0.4, -0.2) is 33.2 Å². The number of nitrogens with zero attached hydrogens (tertiary/aromatic N) is 3. The maximum atomic E-state index is 12.4. The summed E-state index contributed by atoms with van der Waals surface area (Å²) in [6.07, 6.45) is 0. The Morgan fingerprint density at radius 3 is 2.44 bits per heavy atom. The van der Waals surface area contributed by atoms with E-state index in [9.17, 15) is 9.59 Å². The average Bonchev–Trinajstić information content (AvgIpc) is 3.25. The number of Topliss-reactive ketones (excluding diaryl/α,β-unsaturated/α-hetero) is 1. The van der Waals surface area contributed by atoms with Crippen molar-refractivity contribution in [2.24, 2.45) is 0 Å². The Kier molecular flexibility index (Phi) is 4.26. The summed E-state index contributed by atoms with van der Waals surface area (Å²) in [5.41, 5.74) is 2.54. The SMILES string of the molecule is Cc1cc(C(=O)OCC(=O)c2cc(C)n(-c3cc(C)on3)c2C)on1. The molecule has 0 atom stereocenters. The first kappa shape index (κ1) is 16.7. The Balaban J connectivity index is 1.76. The van der Waals surface area contributed by atoms with Crippen LogP contribution in [0.25, 0.3) is 5.82 Å². The molecule has 25 heavy (non-hydrogen) atoms. The number of hydrogen-bond donors (Lipinski definition) is 0. The summed E-state index contributed by atoms with van der Waals surface area (Å²) in [6.45, 7) is 6.75. The van der Waals surface area contributed by atoms with Crippen molar-refractivity contribution in [3.63, 3.8) is 0 Å². The third-order valence-corrected chi connectivity index (χ3v) is 3.74. The van der Waals surface area contributed by atoms with Crippen molar-refractivity contribution < 1.29 is 23.4 Å². The lowest BCUT2D eigenvalue weighted by Crippen LogP contribution is -2.14. The molecule has 0 N–H and O–H groups in total. The van der Waals surface area contributed by atoms with E-state index in [1.165, 1.54) is 6.07 Å². The van der Waals surface area contributed by atoms with E-state index in [0.29, 0.717) is 28.5 Å². The largest absolute Gasteiger partial charge is 0.451 e. The number of aromatic nitrogens is 3. The van der Waals surface area contributed by atoms with Crippen LogP contribution >= 0.6 is 0 Å². The molecule has 0 aromatic carbocycles. The van der Waals surface area contributed by atoms with Crippen molar-refractivity contribution in [2.45, 2.75) is 27.7 Å². The van der Waals surface area contributed by atoms with Gasteiger partial charge in [-0.05, 0) is 33.8 Å². The molecule has 0 saturated carbocycles. The van der Waals surface area contributed by atoms with Gasteiger partial charge in [0.15, 0.2) is 12.4 Å². The fraction of sp³-hybridized carbons (Fsp3) is 0.294. The summed E-state index contributed by atoms with van der Waals surface area (Å²) in [7, 11) is 0. The van der Waals surface area contributed by atoms with Gasteiger partial charge in [-0.3, -0.25) is 9.36 Å². The third kappa shape index (κ3) is 3.23. The Hall–Kier alpha value is -3.16. The second-order valence-electron chi connectivity index (χ2n) is 5.75. The second-order valence-corrected chi connectivity index (χ2v) is 5.75. The normalized spacial score (nSPS) is 10.9. The number of ether oxygens (including phenoxy) is 1. The van der Waals surface area contributed by atoms with Crippen molar-refractivity contribution in [3.05, 3.63) is 52.4 Å². The summed E-state index contributed by atoms with van der Waals surface area (Å²) in [6, 6.07) is 4.96. The number of hydrogen-bond acceptors (Lipinski definition) is 7. The molecule has 0 amide bonds. The number of carbonyl (C=O) groups excluding carboxylic acids is 2. The van der Waals surface area contributed by atoms with Gasteiger partial charge in [-0.25, -0.2) is 4.79 Å². The summed E-state index contributed by atoms with van der Waals surface area (Å²) < 4.78 is 16.7. The van der Waals surface area contributed by atoms with E-state index in [1.54, 1.807) is 32.9 Å². The first-order chi connectivity index (χ1) is 11.9. The van der Waals surface area contributed by atoms with Crippen LogP contribution in [0.2, 0.25) is 0 Å². The van der Waals surface area contributed by atoms with Gasteiger partial charge in [0.05, 0.1) is 5.69 Å². The molecule has 0 aliphatic rings. The first-order valence-corrected chi connectivity index (χ1v) is 7.63. The molecule has 130 valence electrons. The number of esters is 1. The van der Waals surface area contributed by atoms with Crippen LogP contribution in [0, 0.1) is 27.7 Å². The summed E-state index contributed by atoms with van der Waals surface area (Å²) in [4.78, 5) is 24.3. The smallest absolute Gasteiger partial charge is 0.377 e. The van der Waals surface area contributed by atoms with Crippen LogP contribution < -0.4 is 0 Å². The fourth-order valence-corrected chi connectivity index (χ4v) is 2.60. The van der Waals surface area contributed by atoms with Gasteiger partial charge in [-0.15, -0.1) is 0 Å². The van der Waals surface area contributed by atoms with Crippen molar-refractivity contribution in [3.8, 4) is 5.82 Å². The molecule has 0 spiro atoms. The molecule has 0 aliphatic carbocycles. The van der Waals surface area contributed by atoms with Gasteiger partial charge in [0.1, 0.15) is 5.76 Å². The summed E-state index contributed by atoms with van der Waals surface area (Å²) in [5, 5.41) is 7.58. The molecule has 3 aromatic rings. The molecule has 3 aromatic heterocycles. The van der Waals surface area contributed by atoms with Gasteiger partial charge < -0.3 is 13.8 Å². The molecule has 0 fully saturated rings. The lowest BCUT2D eigenvalue weighted by atomic mass is 10.1. The highest BCUT2D eigenvalue weighted by Crippen LogP contribution is 2.21. The van der Waals surface area contributed by atoms with Crippen LogP contribution in [0.4, 0.5) is 0 Å². The van der Waals surface area contributed by atoms with Crippen LogP contribution in [0.5, 0.6) is 0 Å². The molecule has 0 radical (unpaired) electrons. The first-order valence-electron chi connectivity index (χ1n) is 7.63. The quantitative estimate of drug-likeness (QED) is 0.518. The van der Waals surface area contributed by atoms with Crippen molar-refractivity contribution in [1.29, 1.82) is 0 Å². The van der Waals surface area contributed by atoms with E-state index in [2.05, 4.69) is 10.3 Å². The van der Waals surface area contributed by atoms with E-state index in [1.807, 2.05) is 11.5 Å². The molecule has 3 rings (SSSR count). The van der Waals surface area contributed by atoms with Gasteiger partial charge in [-0.1, -0.05) is 10.3 Å². The maximum absolute atomic E-state index is 12.4. The molecule has 3 heterocycles. The van der Waals surface area contributed by atoms with Gasteiger partial charge >= 0.3 is 5.97 Å². The van der Waals surface area contributed by atoms with Crippen LogP contribution in [0.3, 0.4) is 0 Å². The van der Waals surface area contributed by atoms with Crippen molar-refractivity contribution >= 4 is 11.8 Å². The predicted molar refractivity (Wildman–Crippen MR) is 85.9 cm³/mol. The lowest BCUT2D eigenvalue weighted by molar-refractivity contribution is 0.0435. The summed E-state index contributed by atoms with van der Waals surface area (Å²) in [5.74, 6) is 0.195. The maximum Gasteiger partial charge on any atom is 0.377 e. The zero-order valence-electron chi connectivity index (χ0n) is 14.3. The van der Waals surface area contributed by atoms with Crippen LogP contribution in [0.15, 0.2) is 27.2 Å². The monoisotopic (exact) mass is 343 g/mol. The third-order valence-electron chi connectivity index (χ3n) is 3.74. The molecule has 0 unspecified atom stereocenters. The number of ketones is 1. The van der Waals surface area contributed by atoms with Gasteiger partial charge in [0.25, 0.3) is 0 Å². The molecule has 8 heteroatoms. The molecule has 0 bridgehead atoms. The number of rotatable bonds is 5. The second kappa shape index (κ2) is 6.39. The molecule has 0 saturated heterocycles. The van der Waals surface area contributed by atoms with Crippen molar-refractivity contribution in [2.75, 3.05) is 6.61 Å². The van der Waals surface area contributed by atoms with Gasteiger partial charge in [0.2, 0.25) is 11.5 Å². The Bertz CT molecular complexity index is 948. The van der Waals surface area contributed by atoms with Crippen LogP contribution in [0.1, 0.15) is 43.8 Å². The minimum absolute atomic E-state index is 0.0335. The molecule has 8 nitrogen and oxygen atoms in total. The van der Waals surface area contributed by atoms with Gasteiger partial charge in [0, 0.05) is 29.1 Å². The highest BCUT2D eigenvalue weighted by molar-refractivity contribution is 6.00. The Morgan fingerprint density at radius 2 is 1.84 bits per heavy atom. The Morgan fingerprint density at radius 1 is 1.08 bits per heavy atom. The summed E-state index contributed by atoms with van der Waals surface area (Å²) >= 11 is 0. The van der Waals surface area contributed by atoms with Crippen LogP contribution in [-0.2, 0) is 4.74 Å². The zero-order chi connectivity index (χ0) is 18.1. The molecule has 0 aliphatic heterocycles. The van der Waals surface area contributed by atoms with E-state index in [0.717, 1.165) is 5.69 Å². The molecular weight excluding hydrogens is 326 g/mol. The predicted octanol–water partition coefficient (Wildman–Crippen LogP) is 2.73. The van der Waals surface area contributed by atoms with Crippen molar-refractivity contribution in [1.82, 2.24) is 14.9 Å². The average molecular weight is 343 g/mol. The van der Waals surface area contributed by atoms with E-state index in [4.69, 9.17) is 13.8 Å². The van der Waals surface area contributed by atoms with E-state index < -0.39 is 5.97 Å². The molecular formula is C17H17N3O5. The number of aryl methyl sites for hydroxylation is 3. The van der Waals surface area contributed by atoms with E-state index >= 15 is 0 Å². The minimum Gasteiger partial charge on any atom is -0.451 e. The van der Waals surface area contributed by atoms with Gasteiger partial charge in [-0.2, -0.15) is 0 Å². The number of carbonyl (C=O) groups is 2. The zero-order valence-corrected chi connectivity index (χ0v) is 14.3. The fourth-order valence-electron chi connectivity index (χ4n) is 2.60. The van der Waals surface area contributed by atoms with E-state index in [-0.39, 0.29) is 18.2 Å². The highest BCUT2D eigenvalue weighted by atomic mass is 16.6. The standard InChI is InChI=1S/C17H17N3O5/c1-9-5-15(25-18-9)17(22)23-8-14(21)13-6-10(2)20(12(13)4)16-7-11(3)24-19-16/h5-7H,8H2,1-4H3. The lowest BCUT2D eigenvalue weighted by Gasteiger charge is -2.05. The topological polar surface area (TPSA) is 100 Å². The minimum atomic E-state index is -0.727.